The maximum Gasteiger partial charge on any atom is 0.326 e. The Morgan fingerprint density at radius 3 is 2.28 bits per heavy atom. The molecule has 1 saturated carbocycles. The highest BCUT2D eigenvalue weighted by molar-refractivity contribution is 7.98. The van der Waals surface area contributed by atoms with Crippen LogP contribution in [0.15, 0.2) is 60.7 Å². The number of benzene rings is 3. The van der Waals surface area contributed by atoms with Gasteiger partial charge in [-0.05, 0) is 109 Å². The number of rotatable bonds is 13. The van der Waals surface area contributed by atoms with Gasteiger partial charge in [-0.2, -0.15) is 11.8 Å². The van der Waals surface area contributed by atoms with Gasteiger partial charge in [-0.15, -0.1) is 0 Å². The lowest BCUT2D eigenvalue weighted by molar-refractivity contribution is -0.139. The summed E-state index contributed by atoms with van der Waals surface area (Å²) in [6.07, 6.45) is 5.16. The molecule has 1 atom stereocenters. The molecule has 1 fully saturated rings. The second kappa shape index (κ2) is 15.5. The van der Waals surface area contributed by atoms with Crippen molar-refractivity contribution in [1.82, 2.24) is 10.2 Å². The molecule has 230 valence electrons. The van der Waals surface area contributed by atoms with Crippen LogP contribution in [0.1, 0.15) is 59.2 Å². The first-order valence-electron chi connectivity index (χ1n) is 14.7. The summed E-state index contributed by atoms with van der Waals surface area (Å²) < 4.78 is 28.1. The molecular weight excluding hydrogens is 570 g/mol. The number of aliphatic hydroxyl groups excluding tert-OH is 1. The molecule has 0 spiro atoms. The number of carbonyl (C=O) groups is 2. The summed E-state index contributed by atoms with van der Waals surface area (Å²) in [5.41, 5.74) is 4.37. The van der Waals surface area contributed by atoms with Crippen LogP contribution in [0.5, 0.6) is 0 Å². The molecule has 6 nitrogen and oxygen atoms in total. The van der Waals surface area contributed by atoms with E-state index in [0.29, 0.717) is 54.4 Å². The number of aliphatic hydroxyl groups is 1. The van der Waals surface area contributed by atoms with Crippen LogP contribution in [0.2, 0.25) is 0 Å². The van der Waals surface area contributed by atoms with Crippen LogP contribution < -0.4 is 5.32 Å². The molecule has 0 heterocycles. The van der Waals surface area contributed by atoms with Crippen LogP contribution in [0.3, 0.4) is 0 Å². The van der Waals surface area contributed by atoms with Gasteiger partial charge in [0.1, 0.15) is 17.7 Å². The average molecular weight is 611 g/mol. The first-order chi connectivity index (χ1) is 20.6. The van der Waals surface area contributed by atoms with Gasteiger partial charge in [0, 0.05) is 31.3 Å². The number of aryl methyl sites for hydroxylation is 1. The van der Waals surface area contributed by atoms with Crippen molar-refractivity contribution >= 4 is 23.6 Å². The van der Waals surface area contributed by atoms with Gasteiger partial charge in [0.15, 0.2) is 0 Å². The van der Waals surface area contributed by atoms with Crippen LogP contribution in [-0.2, 0) is 17.9 Å². The second-order valence-electron chi connectivity index (χ2n) is 11.5. The maximum absolute atomic E-state index is 14.1. The first kappa shape index (κ1) is 32.6. The van der Waals surface area contributed by atoms with E-state index in [0.717, 1.165) is 48.4 Å². The highest BCUT2D eigenvalue weighted by atomic mass is 32.2. The topological polar surface area (TPSA) is 89.9 Å². The molecule has 0 aliphatic heterocycles. The zero-order valence-corrected chi connectivity index (χ0v) is 25.5. The SMILES string of the molecule is CSCC[C@H](NC(=O)c1ccc(CN(Cc2cc(F)cc(F)c2)CC2CCC(O)CC2)cc1-c1ccccc1C)C(=O)O. The van der Waals surface area contributed by atoms with Gasteiger partial charge in [-0.25, -0.2) is 13.6 Å². The minimum absolute atomic E-state index is 0.279. The van der Waals surface area contributed by atoms with E-state index in [2.05, 4.69) is 10.2 Å². The number of halogens is 2. The molecule has 0 aromatic heterocycles. The number of thioether (sulfide) groups is 1. The molecule has 3 N–H and O–H groups in total. The Hall–Kier alpha value is -3.27. The molecule has 1 amide bonds. The lowest BCUT2D eigenvalue weighted by Crippen LogP contribution is -2.41. The number of carbonyl (C=O) groups excluding carboxylic acids is 1. The Morgan fingerprint density at radius 1 is 0.953 bits per heavy atom. The number of nitrogens with one attached hydrogen (secondary N) is 1. The fourth-order valence-electron chi connectivity index (χ4n) is 5.81. The average Bonchev–Trinajstić information content (AvgIpc) is 2.96. The third-order valence-corrected chi connectivity index (χ3v) is 8.69. The zero-order chi connectivity index (χ0) is 30.9. The summed E-state index contributed by atoms with van der Waals surface area (Å²) in [7, 11) is 0. The minimum atomic E-state index is -1.07. The third kappa shape index (κ3) is 9.36. The molecule has 4 rings (SSSR count). The second-order valence-corrected chi connectivity index (χ2v) is 12.4. The molecule has 0 saturated heterocycles. The molecule has 0 bridgehead atoms. The summed E-state index contributed by atoms with van der Waals surface area (Å²) in [6, 6.07) is 15.8. The molecule has 9 heteroatoms. The highest BCUT2D eigenvalue weighted by Gasteiger charge is 2.25. The molecular formula is C34H40F2N2O4S. The predicted molar refractivity (Wildman–Crippen MR) is 167 cm³/mol. The molecule has 1 aliphatic carbocycles. The van der Waals surface area contributed by atoms with Crippen LogP contribution in [0.4, 0.5) is 8.78 Å². The van der Waals surface area contributed by atoms with Gasteiger partial charge >= 0.3 is 5.97 Å². The summed E-state index contributed by atoms with van der Waals surface area (Å²) >= 11 is 1.52. The van der Waals surface area contributed by atoms with E-state index in [9.17, 15) is 28.6 Å². The van der Waals surface area contributed by atoms with Gasteiger partial charge in [0.2, 0.25) is 0 Å². The predicted octanol–water partition coefficient (Wildman–Crippen LogP) is 6.43. The van der Waals surface area contributed by atoms with E-state index in [1.54, 1.807) is 6.07 Å². The minimum Gasteiger partial charge on any atom is -0.480 e. The van der Waals surface area contributed by atoms with Gasteiger partial charge in [0.25, 0.3) is 5.91 Å². The van der Waals surface area contributed by atoms with Gasteiger partial charge in [-0.3, -0.25) is 9.69 Å². The molecule has 43 heavy (non-hydrogen) atoms. The summed E-state index contributed by atoms with van der Waals surface area (Å²) in [4.78, 5) is 27.5. The van der Waals surface area contributed by atoms with Crippen LogP contribution in [0, 0.1) is 24.5 Å². The molecule has 3 aromatic rings. The third-order valence-electron chi connectivity index (χ3n) is 8.05. The summed E-state index contributed by atoms with van der Waals surface area (Å²) in [6.45, 7) is 3.47. The van der Waals surface area contributed by atoms with Crippen LogP contribution in [0.25, 0.3) is 11.1 Å². The maximum atomic E-state index is 14.1. The number of nitrogens with zero attached hydrogens (tertiary/aromatic N) is 1. The lowest BCUT2D eigenvalue weighted by Gasteiger charge is -2.31. The Kier molecular flexibility index (Phi) is 11.7. The number of amides is 1. The number of carboxylic acid groups (broad SMARTS) is 1. The zero-order valence-electron chi connectivity index (χ0n) is 24.7. The van der Waals surface area contributed by atoms with Gasteiger partial charge < -0.3 is 15.5 Å². The normalized spacial score (nSPS) is 17.5. The molecule has 1 aliphatic rings. The Bertz CT molecular complexity index is 1390. The fraction of sp³-hybridized carbons (Fsp3) is 0.412. The standard InChI is InChI=1S/C34H40F2N2O4S/c1-22-5-3-4-6-29(22)31-17-24(9-12-30(31)33(40)37-32(34(41)42)13-14-43-2)20-38(19-23-7-10-28(39)11-8-23)21-25-15-26(35)18-27(36)16-25/h3-6,9,12,15-18,23,28,32,39H,7-8,10-11,13-14,19-21H2,1-2H3,(H,37,40)(H,41,42)/t23?,28?,32-/m0/s1. The largest absolute Gasteiger partial charge is 0.480 e. The molecule has 0 unspecified atom stereocenters. The van der Waals surface area contributed by atoms with Crippen molar-refractivity contribution in [1.29, 1.82) is 0 Å². The van der Waals surface area contributed by atoms with Gasteiger partial charge in [0.05, 0.1) is 6.10 Å². The smallest absolute Gasteiger partial charge is 0.326 e. The van der Waals surface area contributed by atoms with Crippen molar-refractivity contribution in [2.45, 2.75) is 64.3 Å². The Morgan fingerprint density at radius 2 is 1.63 bits per heavy atom. The van der Waals surface area contributed by atoms with Crippen molar-refractivity contribution in [3.05, 3.63) is 94.6 Å². The monoisotopic (exact) mass is 610 g/mol. The van der Waals surface area contributed by atoms with Crippen LogP contribution in [-0.4, -0.2) is 57.7 Å². The number of hydrogen-bond acceptors (Lipinski definition) is 5. The number of hydrogen-bond donors (Lipinski definition) is 3. The van der Waals surface area contributed by atoms with Crippen molar-refractivity contribution < 1.29 is 28.6 Å². The Balaban J connectivity index is 1.66. The van der Waals surface area contributed by atoms with Crippen molar-refractivity contribution in [2.75, 3.05) is 18.6 Å². The number of carboxylic acids is 1. The Labute approximate surface area is 256 Å². The summed E-state index contributed by atoms with van der Waals surface area (Å²) in [5, 5.41) is 22.4. The van der Waals surface area contributed by atoms with E-state index in [1.165, 1.54) is 23.9 Å². The van der Waals surface area contributed by atoms with E-state index in [4.69, 9.17) is 0 Å². The van der Waals surface area contributed by atoms with Crippen molar-refractivity contribution in [3.8, 4) is 11.1 Å². The quantitative estimate of drug-likeness (QED) is 0.207. The first-order valence-corrected chi connectivity index (χ1v) is 16.1. The van der Waals surface area contributed by atoms with Crippen molar-refractivity contribution in [3.63, 3.8) is 0 Å². The van der Waals surface area contributed by atoms with E-state index in [1.807, 2.05) is 49.6 Å². The van der Waals surface area contributed by atoms with E-state index < -0.39 is 29.6 Å². The van der Waals surface area contributed by atoms with E-state index >= 15 is 0 Å². The highest BCUT2D eigenvalue weighted by Crippen LogP contribution is 2.30. The number of aliphatic carboxylic acids is 1. The fourth-order valence-corrected chi connectivity index (χ4v) is 6.28. The van der Waals surface area contributed by atoms with E-state index in [-0.39, 0.29) is 6.10 Å². The van der Waals surface area contributed by atoms with Crippen molar-refractivity contribution in [2.24, 2.45) is 5.92 Å². The van der Waals surface area contributed by atoms with Crippen LogP contribution >= 0.6 is 11.8 Å². The molecule has 3 aromatic carbocycles. The summed E-state index contributed by atoms with van der Waals surface area (Å²) in [5.74, 6) is -1.82. The molecule has 0 radical (unpaired) electrons. The van der Waals surface area contributed by atoms with Gasteiger partial charge in [-0.1, -0.05) is 30.3 Å². The lowest BCUT2D eigenvalue weighted by atomic mass is 9.87.